The van der Waals surface area contributed by atoms with Gasteiger partial charge in [-0.1, -0.05) is 0 Å². The monoisotopic (exact) mass is 278 g/mol. The first-order valence-electron chi connectivity index (χ1n) is 5.54. The Balaban J connectivity index is 2.33. The summed E-state index contributed by atoms with van der Waals surface area (Å²) in [6.45, 7) is -0.598. The van der Waals surface area contributed by atoms with Gasteiger partial charge in [-0.05, 0) is 6.07 Å². The van der Waals surface area contributed by atoms with Crippen LogP contribution in [-0.4, -0.2) is 40.6 Å². The van der Waals surface area contributed by atoms with Gasteiger partial charge in [-0.15, -0.1) is 0 Å². The summed E-state index contributed by atoms with van der Waals surface area (Å²) in [4.78, 5) is 45.6. The second kappa shape index (κ2) is 4.96. The molecule has 20 heavy (non-hydrogen) atoms. The highest BCUT2D eigenvalue weighted by Gasteiger charge is 2.28. The van der Waals surface area contributed by atoms with Gasteiger partial charge in [0.15, 0.2) is 0 Å². The molecular formula is C11H10N4O5. The molecule has 1 aromatic carbocycles. The molecule has 104 valence electrons. The van der Waals surface area contributed by atoms with Crippen molar-refractivity contribution in [2.75, 3.05) is 18.8 Å². The lowest BCUT2D eigenvalue weighted by Gasteiger charge is -2.25. The maximum Gasteiger partial charge on any atom is 0.270 e. The number of amides is 3. The minimum Gasteiger partial charge on any atom is -0.398 e. The van der Waals surface area contributed by atoms with Crippen LogP contribution in [0, 0.1) is 10.1 Å². The third kappa shape index (κ3) is 2.55. The molecule has 2 rings (SSSR count). The molecule has 9 nitrogen and oxygen atoms in total. The summed E-state index contributed by atoms with van der Waals surface area (Å²) >= 11 is 0. The number of non-ortho nitro benzene ring substituents is 1. The summed E-state index contributed by atoms with van der Waals surface area (Å²) in [7, 11) is 0. The van der Waals surface area contributed by atoms with Crippen LogP contribution in [-0.2, 0) is 9.59 Å². The van der Waals surface area contributed by atoms with Crippen molar-refractivity contribution in [1.82, 2.24) is 10.2 Å². The summed E-state index contributed by atoms with van der Waals surface area (Å²) in [6.07, 6.45) is 0. The largest absolute Gasteiger partial charge is 0.398 e. The molecule has 0 spiro atoms. The number of nitrogens with two attached hydrogens (primary N) is 1. The van der Waals surface area contributed by atoms with Crippen molar-refractivity contribution in [1.29, 1.82) is 0 Å². The lowest BCUT2D eigenvalue weighted by molar-refractivity contribution is -0.384. The molecule has 1 aliphatic heterocycles. The molecule has 1 saturated heterocycles. The van der Waals surface area contributed by atoms with E-state index in [0.717, 1.165) is 11.0 Å². The van der Waals surface area contributed by atoms with Crippen LogP contribution in [0.15, 0.2) is 18.2 Å². The summed E-state index contributed by atoms with van der Waals surface area (Å²) in [5.41, 5.74) is 5.25. The highest BCUT2D eigenvalue weighted by molar-refractivity contribution is 6.07. The van der Waals surface area contributed by atoms with Crippen molar-refractivity contribution in [3.63, 3.8) is 0 Å². The normalized spacial score (nSPS) is 14.9. The van der Waals surface area contributed by atoms with Crippen molar-refractivity contribution in [2.45, 2.75) is 0 Å². The number of nitrogen functional groups attached to an aromatic ring is 1. The fourth-order valence-electron chi connectivity index (χ4n) is 1.79. The van der Waals surface area contributed by atoms with Crippen LogP contribution >= 0.6 is 0 Å². The van der Waals surface area contributed by atoms with Gasteiger partial charge in [0, 0.05) is 17.8 Å². The predicted octanol–water partition coefficient (Wildman–Crippen LogP) is -0.724. The van der Waals surface area contributed by atoms with E-state index >= 15 is 0 Å². The Morgan fingerprint density at radius 2 is 1.90 bits per heavy atom. The molecule has 1 aromatic rings. The van der Waals surface area contributed by atoms with E-state index in [9.17, 15) is 24.5 Å². The van der Waals surface area contributed by atoms with Crippen molar-refractivity contribution in [3.05, 3.63) is 33.9 Å². The van der Waals surface area contributed by atoms with Gasteiger partial charge >= 0.3 is 0 Å². The van der Waals surface area contributed by atoms with E-state index in [1.54, 1.807) is 0 Å². The molecule has 0 radical (unpaired) electrons. The zero-order chi connectivity index (χ0) is 14.9. The van der Waals surface area contributed by atoms with E-state index in [4.69, 9.17) is 5.73 Å². The second-order valence-electron chi connectivity index (χ2n) is 4.16. The number of hydrogen-bond donors (Lipinski definition) is 2. The summed E-state index contributed by atoms with van der Waals surface area (Å²) in [5, 5.41) is 12.7. The SMILES string of the molecule is Nc1ccc([N+](=O)[O-])cc1C(=O)N1CC(=O)NC(=O)C1. The zero-order valence-corrected chi connectivity index (χ0v) is 10.2. The van der Waals surface area contributed by atoms with E-state index in [2.05, 4.69) is 0 Å². The number of hydrogen-bond acceptors (Lipinski definition) is 6. The highest BCUT2D eigenvalue weighted by atomic mass is 16.6. The van der Waals surface area contributed by atoms with Crippen molar-refractivity contribution in [2.24, 2.45) is 0 Å². The fraction of sp³-hybridized carbons (Fsp3) is 0.182. The Labute approximate surface area is 112 Å². The average molecular weight is 278 g/mol. The molecule has 0 unspecified atom stereocenters. The van der Waals surface area contributed by atoms with E-state index in [-0.39, 0.29) is 30.0 Å². The molecule has 1 aliphatic rings. The van der Waals surface area contributed by atoms with Gasteiger partial charge in [-0.25, -0.2) is 0 Å². The number of nitrogens with zero attached hydrogens (tertiary/aromatic N) is 2. The lowest BCUT2D eigenvalue weighted by atomic mass is 10.1. The molecule has 0 aliphatic carbocycles. The van der Waals surface area contributed by atoms with E-state index in [0.29, 0.717) is 0 Å². The topological polar surface area (TPSA) is 136 Å². The Kier molecular flexibility index (Phi) is 3.34. The van der Waals surface area contributed by atoms with Gasteiger partial charge in [0.1, 0.15) is 13.1 Å². The molecule has 0 bridgehead atoms. The first kappa shape index (κ1) is 13.5. The highest BCUT2D eigenvalue weighted by Crippen LogP contribution is 2.21. The molecular weight excluding hydrogens is 268 g/mol. The molecule has 0 atom stereocenters. The molecule has 3 N–H and O–H groups in total. The van der Waals surface area contributed by atoms with Gasteiger partial charge < -0.3 is 10.6 Å². The van der Waals surface area contributed by atoms with Gasteiger partial charge in [0.05, 0.1) is 10.5 Å². The van der Waals surface area contributed by atoms with Crippen molar-refractivity contribution >= 4 is 29.1 Å². The number of carbonyl (C=O) groups excluding carboxylic acids is 3. The number of nitro benzene ring substituents is 1. The van der Waals surface area contributed by atoms with Gasteiger partial charge in [-0.2, -0.15) is 0 Å². The Morgan fingerprint density at radius 3 is 2.45 bits per heavy atom. The number of piperazine rings is 1. The Morgan fingerprint density at radius 1 is 1.30 bits per heavy atom. The fourth-order valence-corrected chi connectivity index (χ4v) is 1.79. The number of nitro groups is 1. The van der Waals surface area contributed by atoms with Crippen LogP contribution in [0.1, 0.15) is 10.4 Å². The number of rotatable bonds is 2. The molecule has 0 aromatic heterocycles. The van der Waals surface area contributed by atoms with Crippen molar-refractivity contribution < 1.29 is 19.3 Å². The average Bonchev–Trinajstić information content (AvgIpc) is 2.37. The number of anilines is 1. The third-order valence-electron chi connectivity index (χ3n) is 2.71. The minimum atomic E-state index is -0.700. The number of benzene rings is 1. The maximum atomic E-state index is 12.2. The molecule has 1 fully saturated rings. The molecule has 9 heteroatoms. The summed E-state index contributed by atoms with van der Waals surface area (Å²) < 4.78 is 0. The lowest BCUT2D eigenvalue weighted by Crippen LogP contribution is -2.53. The first-order valence-corrected chi connectivity index (χ1v) is 5.54. The van der Waals surface area contributed by atoms with E-state index in [1.807, 2.05) is 5.32 Å². The molecule has 3 amide bonds. The summed E-state index contributed by atoms with van der Waals surface area (Å²) in [5.74, 6) is -1.92. The van der Waals surface area contributed by atoms with Crippen LogP contribution in [0.2, 0.25) is 0 Å². The summed E-state index contributed by atoms with van der Waals surface area (Å²) in [6, 6.07) is 3.42. The number of nitrogens with one attached hydrogen (secondary N) is 1. The van der Waals surface area contributed by atoms with E-state index < -0.39 is 22.6 Å². The van der Waals surface area contributed by atoms with Gasteiger partial charge in [-0.3, -0.25) is 29.8 Å². The van der Waals surface area contributed by atoms with Crippen molar-refractivity contribution in [3.8, 4) is 0 Å². The number of carbonyl (C=O) groups is 3. The van der Waals surface area contributed by atoms with E-state index in [1.165, 1.54) is 12.1 Å². The number of imide groups is 1. The van der Waals surface area contributed by atoms with Crippen LogP contribution in [0.4, 0.5) is 11.4 Å². The first-order chi connectivity index (χ1) is 9.38. The second-order valence-corrected chi connectivity index (χ2v) is 4.16. The van der Waals surface area contributed by atoms with Gasteiger partial charge in [0.2, 0.25) is 11.8 Å². The van der Waals surface area contributed by atoms with Crippen LogP contribution in [0.5, 0.6) is 0 Å². The van der Waals surface area contributed by atoms with Crippen LogP contribution < -0.4 is 11.1 Å². The minimum absolute atomic E-state index is 0.0408. The smallest absolute Gasteiger partial charge is 0.270 e. The van der Waals surface area contributed by atoms with Gasteiger partial charge in [0.25, 0.3) is 11.6 Å². The zero-order valence-electron chi connectivity index (χ0n) is 10.2. The molecule has 0 saturated carbocycles. The quantitative estimate of drug-likeness (QED) is 0.317. The third-order valence-corrected chi connectivity index (χ3v) is 2.71. The van der Waals surface area contributed by atoms with Crippen LogP contribution in [0.3, 0.4) is 0 Å². The predicted molar refractivity (Wildman–Crippen MR) is 66.6 cm³/mol. The van der Waals surface area contributed by atoms with Crippen LogP contribution in [0.25, 0.3) is 0 Å². The molecule has 1 heterocycles. The standard InChI is InChI=1S/C11H10N4O5/c12-8-2-1-6(15(19)20)3-7(8)11(18)14-4-9(16)13-10(17)5-14/h1-3H,4-5,12H2,(H,13,16,17). The Bertz CT molecular complexity index is 611. The maximum absolute atomic E-state index is 12.2. The Hall–Kier alpha value is -2.97.